The van der Waals surface area contributed by atoms with Crippen molar-refractivity contribution in [3.8, 4) is 5.75 Å². The first kappa shape index (κ1) is 13.3. The highest BCUT2D eigenvalue weighted by Crippen LogP contribution is 2.26. The van der Waals surface area contributed by atoms with Crippen LogP contribution in [-0.4, -0.2) is 10.1 Å². The summed E-state index contributed by atoms with van der Waals surface area (Å²) in [6, 6.07) is 5.28. The molecule has 96 valence electrons. The molecule has 0 spiro atoms. The van der Waals surface area contributed by atoms with Crippen LogP contribution in [0, 0.1) is 6.92 Å². The Morgan fingerprint density at radius 2 is 2.28 bits per heavy atom. The minimum absolute atomic E-state index is 0.138. The van der Waals surface area contributed by atoms with E-state index in [1.165, 1.54) is 4.88 Å². The first-order chi connectivity index (χ1) is 8.58. The largest absolute Gasteiger partial charge is 0.508 e. The summed E-state index contributed by atoms with van der Waals surface area (Å²) in [4.78, 5) is 5.53. The van der Waals surface area contributed by atoms with Gasteiger partial charge in [0.2, 0.25) is 0 Å². The van der Waals surface area contributed by atoms with Crippen LogP contribution in [0.4, 0.5) is 0 Å². The maximum atomic E-state index is 9.74. The van der Waals surface area contributed by atoms with Crippen molar-refractivity contribution in [2.45, 2.75) is 26.4 Å². The number of aromatic nitrogens is 1. The summed E-state index contributed by atoms with van der Waals surface area (Å²) in [5.41, 5.74) is 0.722. The second-order valence-electron chi connectivity index (χ2n) is 4.15. The highest BCUT2D eigenvalue weighted by molar-refractivity contribution is 7.11. The highest BCUT2D eigenvalue weighted by Gasteiger charge is 2.11. The second-order valence-corrected chi connectivity index (χ2v) is 5.82. The predicted molar refractivity (Wildman–Crippen MR) is 75.2 cm³/mol. The molecule has 3 nitrogen and oxygen atoms in total. The number of thiazole rings is 1. The summed E-state index contributed by atoms with van der Waals surface area (Å²) in [5, 5.41) is 14.7. The lowest BCUT2D eigenvalue weighted by Gasteiger charge is -2.13. The molecule has 2 aromatic rings. The van der Waals surface area contributed by atoms with E-state index in [2.05, 4.69) is 10.3 Å². The van der Waals surface area contributed by atoms with Crippen molar-refractivity contribution >= 4 is 22.9 Å². The van der Waals surface area contributed by atoms with Crippen LogP contribution in [0.1, 0.15) is 28.4 Å². The molecular weight excluding hydrogens is 268 g/mol. The third-order valence-corrected chi connectivity index (χ3v) is 4.14. The van der Waals surface area contributed by atoms with Crippen molar-refractivity contribution in [2.75, 3.05) is 0 Å². The number of hydrogen-bond acceptors (Lipinski definition) is 4. The first-order valence-corrected chi connectivity index (χ1v) is 6.89. The topological polar surface area (TPSA) is 45.2 Å². The lowest BCUT2D eigenvalue weighted by atomic mass is 10.2. The van der Waals surface area contributed by atoms with Crippen LogP contribution in [0.25, 0.3) is 0 Å². The van der Waals surface area contributed by atoms with Crippen molar-refractivity contribution in [3.05, 3.63) is 44.9 Å². The number of nitrogens with zero attached hydrogens (tertiary/aromatic N) is 1. The minimum Gasteiger partial charge on any atom is -0.508 e. The van der Waals surface area contributed by atoms with Gasteiger partial charge in [-0.05, 0) is 26.0 Å². The standard InChI is InChI=1S/C13H15ClN2OS/c1-8-6-16-13(18-8)9(2)15-7-10-11(14)4-3-5-12(10)17/h3-6,9,15,17H,7H2,1-2H3. The molecule has 0 amide bonds. The van der Waals surface area contributed by atoms with Gasteiger partial charge in [0.25, 0.3) is 0 Å². The van der Waals surface area contributed by atoms with Gasteiger partial charge in [0, 0.05) is 28.2 Å². The summed E-state index contributed by atoms with van der Waals surface area (Å²) < 4.78 is 0. The van der Waals surface area contributed by atoms with Gasteiger partial charge in [-0.1, -0.05) is 17.7 Å². The first-order valence-electron chi connectivity index (χ1n) is 5.70. The molecule has 1 atom stereocenters. The van der Waals surface area contributed by atoms with Gasteiger partial charge in [-0.3, -0.25) is 0 Å². The van der Waals surface area contributed by atoms with E-state index < -0.39 is 0 Å². The van der Waals surface area contributed by atoms with Crippen molar-refractivity contribution in [2.24, 2.45) is 0 Å². The summed E-state index contributed by atoms with van der Waals surface area (Å²) in [5.74, 6) is 0.220. The monoisotopic (exact) mass is 282 g/mol. The predicted octanol–water partition coefficient (Wildman–Crippen LogP) is 3.66. The number of phenols is 1. The average Bonchev–Trinajstić information content (AvgIpc) is 2.75. The van der Waals surface area contributed by atoms with Gasteiger partial charge in [0.1, 0.15) is 10.8 Å². The minimum atomic E-state index is 0.138. The summed E-state index contributed by atoms with van der Waals surface area (Å²) in [6.07, 6.45) is 1.87. The zero-order valence-corrected chi connectivity index (χ0v) is 11.8. The molecule has 1 unspecified atom stereocenters. The Morgan fingerprint density at radius 3 is 2.89 bits per heavy atom. The third-order valence-electron chi connectivity index (χ3n) is 2.69. The number of aromatic hydroxyl groups is 1. The molecule has 0 aliphatic heterocycles. The van der Waals surface area contributed by atoms with Crippen molar-refractivity contribution in [3.63, 3.8) is 0 Å². The van der Waals surface area contributed by atoms with Crippen LogP contribution < -0.4 is 5.32 Å². The molecule has 0 aliphatic rings. The van der Waals surface area contributed by atoms with Gasteiger partial charge in [-0.2, -0.15) is 0 Å². The van der Waals surface area contributed by atoms with E-state index in [1.54, 1.807) is 29.5 Å². The summed E-state index contributed by atoms with van der Waals surface area (Å²) in [6.45, 7) is 4.60. The fraction of sp³-hybridized carbons (Fsp3) is 0.308. The molecular formula is C13H15ClN2OS. The van der Waals surface area contributed by atoms with Crippen molar-refractivity contribution < 1.29 is 5.11 Å². The Morgan fingerprint density at radius 1 is 1.50 bits per heavy atom. The quantitative estimate of drug-likeness (QED) is 0.899. The second kappa shape index (κ2) is 5.69. The number of nitrogens with one attached hydrogen (secondary N) is 1. The van der Waals surface area contributed by atoms with Crippen LogP contribution in [0.15, 0.2) is 24.4 Å². The van der Waals surface area contributed by atoms with E-state index in [1.807, 2.05) is 20.0 Å². The zero-order valence-electron chi connectivity index (χ0n) is 10.3. The molecule has 0 saturated carbocycles. The molecule has 0 fully saturated rings. The van der Waals surface area contributed by atoms with Crippen molar-refractivity contribution in [1.29, 1.82) is 0 Å². The number of aryl methyl sites for hydroxylation is 1. The van der Waals surface area contributed by atoms with Crippen LogP contribution in [0.5, 0.6) is 5.75 Å². The number of benzene rings is 1. The molecule has 0 radical (unpaired) electrons. The normalized spacial score (nSPS) is 12.6. The molecule has 1 aromatic carbocycles. The van der Waals surface area contributed by atoms with Gasteiger partial charge in [-0.15, -0.1) is 11.3 Å². The zero-order chi connectivity index (χ0) is 13.1. The van der Waals surface area contributed by atoms with Crippen LogP contribution in [0.3, 0.4) is 0 Å². The van der Waals surface area contributed by atoms with Gasteiger partial charge in [0.15, 0.2) is 0 Å². The van der Waals surface area contributed by atoms with E-state index in [4.69, 9.17) is 11.6 Å². The number of hydrogen-bond donors (Lipinski definition) is 2. The molecule has 2 rings (SSSR count). The fourth-order valence-electron chi connectivity index (χ4n) is 1.64. The Kier molecular flexibility index (Phi) is 4.22. The lowest BCUT2D eigenvalue weighted by Crippen LogP contribution is -2.18. The number of rotatable bonds is 4. The highest BCUT2D eigenvalue weighted by atomic mass is 35.5. The van der Waals surface area contributed by atoms with Crippen LogP contribution in [-0.2, 0) is 6.54 Å². The third kappa shape index (κ3) is 3.02. The van der Waals surface area contributed by atoms with Gasteiger partial charge in [0.05, 0.1) is 6.04 Å². The molecule has 0 bridgehead atoms. The van der Waals surface area contributed by atoms with Gasteiger partial charge < -0.3 is 10.4 Å². The Bertz CT molecular complexity index is 521. The summed E-state index contributed by atoms with van der Waals surface area (Å²) in [7, 11) is 0. The Labute approximate surface area is 115 Å². The summed E-state index contributed by atoms with van der Waals surface area (Å²) >= 11 is 7.72. The van der Waals surface area contributed by atoms with Gasteiger partial charge in [-0.25, -0.2) is 4.98 Å². The molecule has 0 saturated heterocycles. The van der Waals surface area contributed by atoms with Gasteiger partial charge >= 0.3 is 0 Å². The fourth-order valence-corrected chi connectivity index (χ4v) is 2.67. The Hall–Kier alpha value is -1.10. The average molecular weight is 283 g/mol. The van der Waals surface area contributed by atoms with Crippen molar-refractivity contribution in [1.82, 2.24) is 10.3 Å². The number of halogens is 1. The van der Waals surface area contributed by atoms with E-state index in [-0.39, 0.29) is 11.8 Å². The maximum absolute atomic E-state index is 9.74. The smallest absolute Gasteiger partial charge is 0.121 e. The van der Waals surface area contributed by atoms with E-state index in [0.717, 1.165) is 10.6 Å². The Balaban J connectivity index is 2.03. The molecule has 5 heteroatoms. The molecule has 2 N–H and O–H groups in total. The van der Waals surface area contributed by atoms with E-state index in [0.29, 0.717) is 11.6 Å². The lowest BCUT2D eigenvalue weighted by molar-refractivity contribution is 0.460. The van der Waals surface area contributed by atoms with E-state index >= 15 is 0 Å². The SMILES string of the molecule is Cc1cnc(C(C)NCc2c(O)cccc2Cl)s1. The van der Waals surface area contributed by atoms with Crippen LogP contribution in [0.2, 0.25) is 5.02 Å². The molecule has 0 aliphatic carbocycles. The number of phenolic OH excluding ortho intramolecular Hbond substituents is 1. The molecule has 1 heterocycles. The molecule has 18 heavy (non-hydrogen) atoms. The van der Waals surface area contributed by atoms with E-state index in [9.17, 15) is 5.11 Å². The maximum Gasteiger partial charge on any atom is 0.121 e. The van der Waals surface area contributed by atoms with Crippen LogP contribution >= 0.6 is 22.9 Å². The molecule has 1 aromatic heterocycles.